The highest BCUT2D eigenvalue weighted by molar-refractivity contribution is 5.13. The molecule has 0 aliphatic carbocycles. The van der Waals surface area contributed by atoms with E-state index in [0.29, 0.717) is 13.0 Å². The van der Waals surface area contributed by atoms with Crippen LogP contribution >= 0.6 is 0 Å². The van der Waals surface area contributed by atoms with Crippen molar-refractivity contribution in [2.45, 2.75) is 32.2 Å². The summed E-state index contributed by atoms with van der Waals surface area (Å²) >= 11 is 0. The van der Waals surface area contributed by atoms with Gasteiger partial charge in [-0.25, -0.2) is 0 Å². The van der Waals surface area contributed by atoms with Gasteiger partial charge in [0.1, 0.15) is 0 Å². The SMILES string of the molecule is C=CCC(OCc1ccccc1)C(C)O. The van der Waals surface area contributed by atoms with Crippen LogP contribution in [0.15, 0.2) is 43.0 Å². The fourth-order valence-electron chi connectivity index (χ4n) is 1.35. The molecule has 1 aromatic carbocycles. The van der Waals surface area contributed by atoms with E-state index in [-0.39, 0.29) is 6.10 Å². The van der Waals surface area contributed by atoms with E-state index in [0.717, 1.165) is 5.56 Å². The average molecular weight is 206 g/mol. The molecule has 2 heteroatoms. The van der Waals surface area contributed by atoms with E-state index in [4.69, 9.17) is 4.74 Å². The van der Waals surface area contributed by atoms with Crippen LogP contribution in [-0.4, -0.2) is 17.3 Å². The molecule has 2 nitrogen and oxygen atoms in total. The first kappa shape index (κ1) is 12.0. The molecule has 2 atom stereocenters. The first-order valence-corrected chi connectivity index (χ1v) is 5.18. The third kappa shape index (κ3) is 4.28. The summed E-state index contributed by atoms with van der Waals surface area (Å²) in [4.78, 5) is 0. The molecule has 0 aromatic heterocycles. The molecule has 15 heavy (non-hydrogen) atoms. The van der Waals surface area contributed by atoms with Crippen LogP contribution < -0.4 is 0 Å². The number of hydrogen-bond acceptors (Lipinski definition) is 2. The summed E-state index contributed by atoms with van der Waals surface area (Å²) in [6.07, 6.45) is 1.81. The number of aliphatic hydroxyl groups excluding tert-OH is 1. The van der Waals surface area contributed by atoms with Crippen LogP contribution in [0.3, 0.4) is 0 Å². The van der Waals surface area contributed by atoms with Gasteiger partial charge in [0, 0.05) is 0 Å². The highest BCUT2D eigenvalue weighted by Crippen LogP contribution is 2.09. The van der Waals surface area contributed by atoms with E-state index < -0.39 is 6.10 Å². The predicted octanol–water partition coefficient (Wildman–Crippen LogP) is 2.53. The summed E-state index contributed by atoms with van der Waals surface area (Å²) in [6.45, 7) is 5.91. The van der Waals surface area contributed by atoms with Gasteiger partial charge in [-0.1, -0.05) is 36.4 Å². The third-order valence-electron chi connectivity index (χ3n) is 2.24. The van der Waals surface area contributed by atoms with Crippen molar-refractivity contribution in [2.24, 2.45) is 0 Å². The van der Waals surface area contributed by atoms with Crippen molar-refractivity contribution in [2.75, 3.05) is 0 Å². The van der Waals surface area contributed by atoms with E-state index in [1.165, 1.54) is 0 Å². The molecule has 0 fully saturated rings. The van der Waals surface area contributed by atoms with Crippen LogP contribution in [0.1, 0.15) is 18.9 Å². The first-order valence-electron chi connectivity index (χ1n) is 5.18. The summed E-state index contributed by atoms with van der Waals surface area (Å²) in [5.41, 5.74) is 1.12. The maximum absolute atomic E-state index is 9.45. The zero-order chi connectivity index (χ0) is 11.1. The van der Waals surface area contributed by atoms with Gasteiger partial charge < -0.3 is 9.84 Å². The van der Waals surface area contributed by atoms with Gasteiger partial charge in [0.05, 0.1) is 18.8 Å². The van der Waals surface area contributed by atoms with Gasteiger partial charge >= 0.3 is 0 Å². The number of aliphatic hydroxyl groups is 1. The third-order valence-corrected chi connectivity index (χ3v) is 2.24. The van der Waals surface area contributed by atoms with Crippen LogP contribution in [0.2, 0.25) is 0 Å². The predicted molar refractivity (Wildman–Crippen MR) is 61.5 cm³/mol. The Morgan fingerprint density at radius 1 is 1.40 bits per heavy atom. The second-order valence-corrected chi connectivity index (χ2v) is 3.60. The monoisotopic (exact) mass is 206 g/mol. The second kappa shape index (κ2) is 6.38. The van der Waals surface area contributed by atoms with Crippen LogP contribution in [0.25, 0.3) is 0 Å². The van der Waals surface area contributed by atoms with Gasteiger partial charge in [0.2, 0.25) is 0 Å². The van der Waals surface area contributed by atoms with Crippen molar-refractivity contribution < 1.29 is 9.84 Å². The summed E-state index contributed by atoms with van der Waals surface area (Å²) in [5, 5.41) is 9.45. The molecule has 1 N–H and O–H groups in total. The van der Waals surface area contributed by atoms with E-state index in [1.54, 1.807) is 13.0 Å². The van der Waals surface area contributed by atoms with Gasteiger partial charge in [-0.3, -0.25) is 0 Å². The van der Waals surface area contributed by atoms with Crippen molar-refractivity contribution in [3.05, 3.63) is 48.6 Å². The van der Waals surface area contributed by atoms with Crippen LogP contribution in [-0.2, 0) is 11.3 Å². The molecule has 1 rings (SSSR count). The van der Waals surface area contributed by atoms with Crippen molar-refractivity contribution in [1.82, 2.24) is 0 Å². The smallest absolute Gasteiger partial charge is 0.0869 e. The Morgan fingerprint density at radius 2 is 2.07 bits per heavy atom. The van der Waals surface area contributed by atoms with Crippen molar-refractivity contribution in [3.8, 4) is 0 Å². The summed E-state index contributed by atoms with van der Waals surface area (Å²) in [5.74, 6) is 0. The van der Waals surface area contributed by atoms with Gasteiger partial charge in [0.15, 0.2) is 0 Å². The minimum Gasteiger partial charge on any atom is -0.391 e. The molecule has 0 spiro atoms. The van der Waals surface area contributed by atoms with Crippen LogP contribution in [0.5, 0.6) is 0 Å². The Kier molecular flexibility index (Phi) is 5.08. The maximum atomic E-state index is 9.45. The largest absolute Gasteiger partial charge is 0.391 e. The molecule has 0 saturated carbocycles. The topological polar surface area (TPSA) is 29.5 Å². The zero-order valence-electron chi connectivity index (χ0n) is 9.10. The average Bonchev–Trinajstić information content (AvgIpc) is 2.25. The molecular weight excluding hydrogens is 188 g/mol. The van der Waals surface area contributed by atoms with Crippen LogP contribution in [0, 0.1) is 0 Å². The van der Waals surface area contributed by atoms with Crippen LogP contribution in [0.4, 0.5) is 0 Å². The maximum Gasteiger partial charge on any atom is 0.0869 e. The minimum absolute atomic E-state index is 0.164. The van der Waals surface area contributed by atoms with Crippen molar-refractivity contribution >= 4 is 0 Å². The number of hydrogen-bond donors (Lipinski definition) is 1. The molecule has 82 valence electrons. The van der Waals surface area contributed by atoms with E-state index in [1.807, 2.05) is 30.3 Å². The molecule has 0 bridgehead atoms. The highest BCUT2D eigenvalue weighted by Gasteiger charge is 2.13. The molecule has 0 saturated heterocycles. The number of ether oxygens (including phenoxy) is 1. The fraction of sp³-hybridized carbons (Fsp3) is 0.385. The lowest BCUT2D eigenvalue weighted by atomic mass is 10.1. The lowest BCUT2D eigenvalue weighted by Gasteiger charge is -2.19. The zero-order valence-corrected chi connectivity index (χ0v) is 9.10. The van der Waals surface area contributed by atoms with Gasteiger partial charge in [-0.15, -0.1) is 6.58 Å². The molecule has 2 unspecified atom stereocenters. The Balaban J connectivity index is 2.43. The van der Waals surface area contributed by atoms with E-state index in [9.17, 15) is 5.11 Å². The molecule has 1 aromatic rings. The standard InChI is InChI=1S/C13H18O2/c1-3-7-13(11(2)14)15-10-12-8-5-4-6-9-12/h3-6,8-9,11,13-14H,1,7,10H2,2H3. The normalized spacial score (nSPS) is 14.5. The van der Waals surface area contributed by atoms with Crippen molar-refractivity contribution in [3.63, 3.8) is 0 Å². The summed E-state index contributed by atoms with van der Waals surface area (Å²) in [6, 6.07) is 9.94. The first-order chi connectivity index (χ1) is 7.24. The minimum atomic E-state index is -0.466. The van der Waals surface area contributed by atoms with Gasteiger partial charge in [0.25, 0.3) is 0 Å². The Bertz CT molecular complexity index is 280. The van der Waals surface area contributed by atoms with Gasteiger partial charge in [-0.05, 0) is 18.9 Å². The molecule has 0 radical (unpaired) electrons. The summed E-state index contributed by atoms with van der Waals surface area (Å²) < 4.78 is 5.61. The highest BCUT2D eigenvalue weighted by atomic mass is 16.5. The van der Waals surface area contributed by atoms with E-state index in [2.05, 4.69) is 6.58 Å². The molecular formula is C13H18O2. The Morgan fingerprint density at radius 3 is 2.60 bits per heavy atom. The lowest BCUT2D eigenvalue weighted by molar-refractivity contribution is -0.0358. The summed E-state index contributed by atoms with van der Waals surface area (Å²) in [7, 11) is 0. The molecule has 0 aliphatic heterocycles. The molecule has 0 heterocycles. The Hall–Kier alpha value is -1.12. The van der Waals surface area contributed by atoms with Crippen molar-refractivity contribution in [1.29, 1.82) is 0 Å². The fourth-order valence-corrected chi connectivity index (χ4v) is 1.35. The van der Waals surface area contributed by atoms with E-state index >= 15 is 0 Å². The molecule has 0 amide bonds. The quantitative estimate of drug-likeness (QED) is 0.725. The lowest BCUT2D eigenvalue weighted by Crippen LogP contribution is -2.25. The molecule has 0 aliphatic rings. The van der Waals surface area contributed by atoms with Gasteiger partial charge in [-0.2, -0.15) is 0 Å². The Labute approximate surface area is 91.2 Å². The number of benzene rings is 1. The second-order valence-electron chi connectivity index (χ2n) is 3.60. The number of rotatable bonds is 6.